The van der Waals surface area contributed by atoms with Crippen molar-refractivity contribution in [3.8, 4) is 0 Å². The van der Waals surface area contributed by atoms with Gasteiger partial charge in [-0.2, -0.15) is 0 Å². The van der Waals surface area contributed by atoms with E-state index in [1.165, 1.54) is 25.8 Å². The highest BCUT2D eigenvalue weighted by molar-refractivity contribution is 5.24. The van der Waals surface area contributed by atoms with Crippen LogP contribution in [-0.4, -0.2) is 12.1 Å². The molecule has 2 aliphatic carbocycles. The van der Waals surface area contributed by atoms with Crippen molar-refractivity contribution in [2.24, 2.45) is 11.8 Å². The van der Waals surface area contributed by atoms with Crippen molar-refractivity contribution in [2.75, 3.05) is 6.54 Å². The molecule has 0 aromatic heterocycles. The van der Waals surface area contributed by atoms with Gasteiger partial charge in [-0.25, -0.2) is 0 Å². The number of rotatable bonds is 0. The zero-order chi connectivity index (χ0) is 5.19. The fraction of sp³-hybridized carbons (Fsp3) is 1.00. The molecule has 3 unspecified atom stereocenters. The Morgan fingerprint density at radius 1 is 1.25 bits per heavy atom. The topological polar surface area (TPSA) is 12.0 Å². The first-order valence-electron chi connectivity index (χ1n) is 3.67. The van der Waals surface area contributed by atoms with Crippen LogP contribution in [-0.2, 0) is 0 Å². The highest BCUT2D eigenvalue weighted by Crippen LogP contribution is 2.62. The van der Waals surface area contributed by atoms with Gasteiger partial charge >= 0.3 is 0 Å². The number of hydrogen-bond acceptors (Lipinski definition) is 1. The van der Waals surface area contributed by atoms with Crippen LogP contribution < -0.4 is 5.32 Å². The van der Waals surface area contributed by atoms with Gasteiger partial charge in [0.2, 0.25) is 0 Å². The van der Waals surface area contributed by atoms with Gasteiger partial charge < -0.3 is 5.32 Å². The molecule has 0 bridgehead atoms. The highest BCUT2D eigenvalue weighted by atomic mass is 15.2. The Labute approximate surface area is 49.5 Å². The summed E-state index contributed by atoms with van der Waals surface area (Å²) in [5, 5.41) is 3.56. The predicted molar refractivity (Wildman–Crippen MR) is 31.6 cm³/mol. The highest BCUT2D eigenvalue weighted by Gasteiger charge is 2.67. The summed E-state index contributed by atoms with van der Waals surface area (Å²) in [4.78, 5) is 0. The molecule has 0 aromatic carbocycles. The van der Waals surface area contributed by atoms with Crippen LogP contribution in [0.25, 0.3) is 0 Å². The van der Waals surface area contributed by atoms with Crippen molar-refractivity contribution in [3.63, 3.8) is 0 Å². The van der Waals surface area contributed by atoms with Gasteiger partial charge in [-0.15, -0.1) is 0 Å². The molecular formula is C7H11N. The van der Waals surface area contributed by atoms with E-state index in [9.17, 15) is 0 Å². The van der Waals surface area contributed by atoms with Crippen LogP contribution in [0, 0.1) is 11.8 Å². The summed E-state index contributed by atoms with van der Waals surface area (Å²) in [5.74, 6) is 2.22. The maximum absolute atomic E-state index is 3.56. The van der Waals surface area contributed by atoms with Crippen LogP contribution in [0.1, 0.15) is 19.3 Å². The van der Waals surface area contributed by atoms with Gasteiger partial charge in [0.15, 0.2) is 0 Å². The molecule has 1 N–H and O–H groups in total. The van der Waals surface area contributed by atoms with E-state index >= 15 is 0 Å². The molecule has 1 aliphatic heterocycles. The Bertz CT molecular complexity index is 137. The minimum atomic E-state index is 0.750. The predicted octanol–water partition coefficient (Wildman–Crippen LogP) is 0.758. The lowest BCUT2D eigenvalue weighted by molar-refractivity contribution is 0.225. The molecule has 44 valence electrons. The summed E-state index contributed by atoms with van der Waals surface area (Å²) in [5.41, 5.74) is 0.750. The second kappa shape index (κ2) is 0.860. The van der Waals surface area contributed by atoms with E-state index in [0.29, 0.717) is 0 Å². The molecule has 8 heavy (non-hydrogen) atoms. The van der Waals surface area contributed by atoms with Crippen molar-refractivity contribution < 1.29 is 0 Å². The van der Waals surface area contributed by atoms with Crippen molar-refractivity contribution in [1.82, 2.24) is 5.32 Å². The first kappa shape index (κ1) is 3.89. The molecule has 1 heteroatoms. The summed E-state index contributed by atoms with van der Waals surface area (Å²) >= 11 is 0. The minimum absolute atomic E-state index is 0.750. The van der Waals surface area contributed by atoms with E-state index in [4.69, 9.17) is 0 Å². The molecule has 0 radical (unpaired) electrons. The Hall–Kier alpha value is -0.0400. The molecule has 3 aliphatic rings. The van der Waals surface area contributed by atoms with Crippen LogP contribution in [0.2, 0.25) is 0 Å². The third-order valence-corrected chi connectivity index (χ3v) is 3.42. The van der Waals surface area contributed by atoms with Gasteiger partial charge in [0.05, 0.1) is 0 Å². The monoisotopic (exact) mass is 109 g/mol. The van der Waals surface area contributed by atoms with Gasteiger partial charge in [0, 0.05) is 12.1 Å². The van der Waals surface area contributed by atoms with Crippen LogP contribution in [0.3, 0.4) is 0 Å². The van der Waals surface area contributed by atoms with Crippen LogP contribution in [0.5, 0.6) is 0 Å². The Morgan fingerprint density at radius 3 is 2.38 bits per heavy atom. The van der Waals surface area contributed by atoms with E-state index in [1.54, 1.807) is 0 Å². The molecule has 0 aromatic rings. The van der Waals surface area contributed by atoms with Crippen molar-refractivity contribution >= 4 is 0 Å². The molecule has 3 fully saturated rings. The largest absolute Gasteiger partial charge is 0.310 e. The fourth-order valence-corrected chi connectivity index (χ4v) is 2.70. The number of hydrogen-bond donors (Lipinski definition) is 1. The first-order chi connectivity index (χ1) is 3.92. The smallest absolute Gasteiger partial charge is 0.0254 e. The lowest BCUT2D eigenvalue weighted by Gasteiger charge is -2.35. The summed E-state index contributed by atoms with van der Waals surface area (Å²) in [6.45, 7) is 1.33. The summed E-state index contributed by atoms with van der Waals surface area (Å²) in [6, 6.07) is 0. The second-order valence-electron chi connectivity index (χ2n) is 3.60. The first-order valence-corrected chi connectivity index (χ1v) is 3.67. The third kappa shape index (κ3) is 0.218. The normalized spacial score (nSPS) is 66.0. The van der Waals surface area contributed by atoms with E-state index in [0.717, 1.165) is 17.4 Å². The standard InChI is InChI=1S/C7H11N/c1-2-6-4-8-7(6)3-5(1)7/h5-6,8H,1-4H2. The maximum Gasteiger partial charge on any atom is 0.0254 e. The van der Waals surface area contributed by atoms with Gasteiger partial charge in [-0.1, -0.05) is 0 Å². The van der Waals surface area contributed by atoms with E-state index in [2.05, 4.69) is 5.32 Å². The fourth-order valence-electron chi connectivity index (χ4n) is 2.70. The Kier molecular flexibility index (Phi) is 0.418. The molecule has 1 saturated heterocycles. The Balaban J connectivity index is 2.02. The van der Waals surface area contributed by atoms with Crippen molar-refractivity contribution in [1.29, 1.82) is 0 Å². The van der Waals surface area contributed by atoms with E-state index < -0.39 is 0 Å². The van der Waals surface area contributed by atoms with E-state index in [-0.39, 0.29) is 0 Å². The van der Waals surface area contributed by atoms with Crippen molar-refractivity contribution in [2.45, 2.75) is 24.8 Å². The molecule has 3 rings (SSSR count). The SMILES string of the molecule is C1CC2CC23NCC13. The molecule has 1 heterocycles. The molecule has 2 saturated carbocycles. The van der Waals surface area contributed by atoms with Gasteiger partial charge in [-0.3, -0.25) is 0 Å². The van der Waals surface area contributed by atoms with Gasteiger partial charge in [0.25, 0.3) is 0 Å². The number of nitrogens with one attached hydrogen (secondary N) is 1. The average molecular weight is 109 g/mol. The quantitative estimate of drug-likeness (QED) is 0.484. The summed E-state index contributed by atoms with van der Waals surface area (Å²) < 4.78 is 0. The molecule has 3 atom stereocenters. The molecule has 1 spiro atoms. The van der Waals surface area contributed by atoms with Crippen LogP contribution in [0.4, 0.5) is 0 Å². The molecule has 0 amide bonds. The lowest BCUT2D eigenvalue weighted by atomic mass is 9.90. The minimum Gasteiger partial charge on any atom is -0.310 e. The molecular weight excluding hydrogens is 98.1 g/mol. The molecule has 1 nitrogen and oxygen atoms in total. The second-order valence-corrected chi connectivity index (χ2v) is 3.60. The van der Waals surface area contributed by atoms with Gasteiger partial charge in [-0.05, 0) is 31.1 Å². The van der Waals surface area contributed by atoms with Crippen LogP contribution in [0.15, 0.2) is 0 Å². The Morgan fingerprint density at radius 2 is 2.12 bits per heavy atom. The van der Waals surface area contributed by atoms with Crippen LogP contribution >= 0.6 is 0 Å². The zero-order valence-electron chi connectivity index (χ0n) is 4.98. The summed E-state index contributed by atoms with van der Waals surface area (Å²) in [6.07, 6.45) is 4.56. The van der Waals surface area contributed by atoms with E-state index in [1.807, 2.05) is 0 Å². The average Bonchev–Trinajstić information content (AvgIpc) is 2.36. The third-order valence-electron chi connectivity index (χ3n) is 3.42. The van der Waals surface area contributed by atoms with Crippen molar-refractivity contribution in [3.05, 3.63) is 0 Å². The lowest BCUT2D eigenvalue weighted by Crippen LogP contribution is -2.54. The van der Waals surface area contributed by atoms with Gasteiger partial charge in [0.1, 0.15) is 0 Å². The zero-order valence-corrected chi connectivity index (χ0v) is 4.98. The summed E-state index contributed by atoms with van der Waals surface area (Å²) in [7, 11) is 0. The maximum atomic E-state index is 3.56.